The van der Waals surface area contributed by atoms with Crippen molar-refractivity contribution < 1.29 is 4.74 Å². The number of nitrogens with one attached hydrogen (secondary N) is 1. The van der Waals surface area contributed by atoms with E-state index >= 15 is 0 Å². The maximum absolute atomic E-state index is 5.88. The van der Waals surface area contributed by atoms with Crippen molar-refractivity contribution in [1.29, 1.82) is 0 Å². The average Bonchev–Trinajstić information content (AvgIpc) is 2.36. The molecule has 1 aliphatic heterocycles. The van der Waals surface area contributed by atoms with Crippen LogP contribution in [0.3, 0.4) is 0 Å². The lowest BCUT2D eigenvalue weighted by Gasteiger charge is -2.34. The van der Waals surface area contributed by atoms with Crippen molar-refractivity contribution in [3.05, 3.63) is 0 Å². The molecular formula is C14H30N2O. The molecule has 0 bridgehead atoms. The molecule has 0 aromatic heterocycles. The van der Waals surface area contributed by atoms with Gasteiger partial charge in [-0.1, -0.05) is 20.8 Å². The molecule has 1 rings (SSSR count). The Balaban J connectivity index is 2.27. The van der Waals surface area contributed by atoms with Crippen molar-refractivity contribution in [3.8, 4) is 0 Å². The number of piperidine rings is 1. The molecule has 1 heterocycles. The van der Waals surface area contributed by atoms with Gasteiger partial charge in [0, 0.05) is 25.7 Å². The number of rotatable bonds is 8. The highest BCUT2D eigenvalue weighted by Gasteiger charge is 2.21. The van der Waals surface area contributed by atoms with Crippen LogP contribution in [0, 0.1) is 0 Å². The minimum atomic E-state index is 0.475. The second kappa shape index (κ2) is 8.90. The topological polar surface area (TPSA) is 24.5 Å². The van der Waals surface area contributed by atoms with E-state index in [0.29, 0.717) is 12.1 Å². The summed E-state index contributed by atoms with van der Waals surface area (Å²) in [7, 11) is 0. The van der Waals surface area contributed by atoms with Gasteiger partial charge >= 0.3 is 0 Å². The molecule has 1 N–H and O–H groups in total. The van der Waals surface area contributed by atoms with Crippen molar-refractivity contribution in [1.82, 2.24) is 10.2 Å². The van der Waals surface area contributed by atoms with E-state index in [2.05, 4.69) is 31.0 Å². The predicted octanol–water partition coefficient (Wildman–Crippen LogP) is 2.27. The summed E-state index contributed by atoms with van der Waals surface area (Å²) in [5.41, 5.74) is 0. The first kappa shape index (κ1) is 14.9. The highest BCUT2D eigenvalue weighted by molar-refractivity contribution is 4.77. The highest BCUT2D eigenvalue weighted by Crippen LogP contribution is 2.14. The Hall–Kier alpha value is -0.120. The predicted molar refractivity (Wildman–Crippen MR) is 73.5 cm³/mol. The molecule has 0 saturated carbocycles. The molecule has 1 aliphatic rings. The van der Waals surface area contributed by atoms with Gasteiger partial charge < -0.3 is 10.1 Å². The van der Waals surface area contributed by atoms with Crippen LogP contribution in [0.2, 0.25) is 0 Å². The summed E-state index contributed by atoms with van der Waals surface area (Å²) in [5.74, 6) is 0. The van der Waals surface area contributed by atoms with Gasteiger partial charge in [-0.15, -0.1) is 0 Å². The molecule has 0 radical (unpaired) electrons. The largest absolute Gasteiger partial charge is 0.377 e. The Morgan fingerprint density at radius 1 is 1.35 bits per heavy atom. The minimum Gasteiger partial charge on any atom is -0.377 e. The van der Waals surface area contributed by atoms with E-state index in [-0.39, 0.29) is 0 Å². The molecule has 0 spiro atoms. The van der Waals surface area contributed by atoms with Crippen LogP contribution in [0.15, 0.2) is 0 Å². The molecule has 0 amide bonds. The Morgan fingerprint density at radius 2 is 2.18 bits per heavy atom. The van der Waals surface area contributed by atoms with Gasteiger partial charge in [0.1, 0.15) is 0 Å². The molecule has 3 nitrogen and oxygen atoms in total. The Morgan fingerprint density at radius 3 is 2.82 bits per heavy atom. The fourth-order valence-corrected chi connectivity index (χ4v) is 2.54. The lowest BCUT2D eigenvalue weighted by atomic mass is 10.1. The van der Waals surface area contributed by atoms with Gasteiger partial charge in [-0.05, 0) is 38.8 Å². The molecule has 2 atom stereocenters. The van der Waals surface area contributed by atoms with Crippen molar-refractivity contribution in [2.75, 3.05) is 32.8 Å². The van der Waals surface area contributed by atoms with Gasteiger partial charge in [-0.25, -0.2) is 0 Å². The van der Waals surface area contributed by atoms with Crippen molar-refractivity contribution in [2.45, 2.75) is 58.6 Å². The van der Waals surface area contributed by atoms with Crippen molar-refractivity contribution in [3.63, 3.8) is 0 Å². The second-order valence-corrected chi connectivity index (χ2v) is 5.06. The van der Waals surface area contributed by atoms with Crippen LogP contribution in [-0.2, 0) is 4.74 Å². The van der Waals surface area contributed by atoms with Crippen LogP contribution in [-0.4, -0.2) is 49.8 Å². The van der Waals surface area contributed by atoms with Gasteiger partial charge in [0.25, 0.3) is 0 Å². The zero-order valence-corrected chi connectivity index (χ0v) is 11.9. The number of hydrogen-bond donors (Lipinski definition) is 1. The third-order valence-corrected chi connectivity index (χ3v) is 3.48. The maximum Gasteiger partial charge on any atom is 0.0702 e. The van der Waals surface area contributed by atoms with Gasteiger partial charge in [0.05, 0.1) is 6.10 Å². The summed E-state index contributed by atoms with van der Waals surface area (Å²) in [6, 6.07) is 0.643. The molecule has 102 valence electrons. The standard InChI is InChI=1S/C14H30N2O/c1-4-10-17-14-8-7-9-16(12-14)11-13(5-2)15-6-3/h13-15H,4-12H2,1-3H3. The first-order valence-corrected chi connectivity index (χ1v) is 7.37. The van der Waals surface area contributed by atoms with E-state index in [0.717, 1.165) is 26.1 Å². The smallest absolute Gasteiger partial charge is 0.0702 e. The fraction of sp³-hybridized carbons (Fsp3) is 1.00. The van der Waals surface area contributed by atoms with E-state index in [9.17, 15) is 0 Å². The van der Waals surface area contributed by atoms with Gasteiger partial charge in [-0.3, -0.25) is 4.90 Å². The van der Waals surface area contributed by atoms with E-state index in [1.54, 1.807) is 0 Å². The molecule has 0 aromatic rings. The lowest BCUT2D eigenvalue weighted by molar-refractivity contribution is -0.00228. The zero-order chi connectivity index (χ0) is 12.5. The summed E-state index contributed by atoms with van der Waals surface area (Å²) in [4.78, 5) is 2.57. The first-order valence-electron chi connectivity index (χ1n) is 7.37. The number of hydrogen-bond acceptors (Lipinski definition) is 3. The normalized spacial score (nSPS) is 23.8. The van der Waals surface area contributed by atoms with Crippen LogP contribution in [0.4, 0.5) is 0 Å². The van der Waals surface area contributed by atoms with Crippen LogP contribution in [0.1, 0.15) is 46.5 Å². The summed E-state index contributed by atoms with van der Waals surface area (Å²) in [6.07, 6.45) is 5.35. The van der Waals surface area contributed by atoms with E-state index < -0.39 is 0 Å². The second-order valence-electron chi connectivity index (χ2n) is 5.06. The number of likely N-dealkylation sites (tertiary alicyclic amines) is 1. The van der Waals surface area contributed by atoms with Gasteiger partial charge in [0.15, 0.2) is 0 Å². The molecule has 3 heteroatoms. The zero-order valence-electron chi connectivity index (χ0n) is 11.9. The van der Waals surface area contributed by atoms with E-state index in [1.807, 2.05) is 0 Å². The van der Waals surface area contributed by atoms with Crippen molar-refractivity contribution in [2.24, 2.45) is 0 Å². The molecule has 0 aliphatic carbocycles. The third-order valence-electron chi connectivity index (χ3n) is 3.48. The third kappa shape index (κ3) is 5.84. The first-order chi connectivity index (χ1) is 8.30. The van der Waals surface area contributed by atoms with E-state index in [4.69, 9.17) is 4.74 Å². The summed E-state index contributed by atoms with van der Waals surface area (Å²) in [5, 5.41) is 3.56. The molecule has 0 aromatic carbocycles. The maximum atomic E-state index is 5.88. The van der Waals surface area contributed by atoms with Gasteiger partial charge in [-0.2, -0.15) is 0 Å². The van der Waals surface area contributed by atoms with Crippen LogP contribution in [0.5, 0.6) is 0 Å². The summed E-state index contributed by atoms with van der Waals surface area (Å²) < 4.78 is 5.88. The van der Waals surface area contributed by atoms with Crippen LogP contribution in [0.25, 0.3) is 0 Å². The Bertz CT molecular complexity index is 187. The molecule has 1 saturated heterocycles. The molecule has 17 heavy (non-hydrogen) atoms. The summed E-state index contributed by atoms with van der Waals surface area (Å²) in [6.45, 7) is 12.2. The molecular weight excluding hydrogens is 212 g/mol. The van der Waals surface area contributed by atoms with Crippen LogP contribution < -0.4 is 5.32 Å². The van der Waals surface area contributed by atoms with Crippen molar-refractivity contribution >= 4 is 0 Å². The van der Waals surface area contributed by atoms with E-state index in [1.165, 1.54) is 32.4 Å². The Kier molecular flexibility index (Phi) is 7.82. The number of nitrogens with zero attached hydrogens (tertiary/aromatic N) is 1. The molecule has 2 unspecified atom stereocenters. The van der Waals surface area contributed by atoms with Gasteiger partial charge in [0.2, 0.25) is 0 Å². The SMILES string of the molecule is CCCOC1CCCN(CC(CC)NCC)C1. The Labute approximate surface area is 107 Å². The fourth-order valence-electron chi connectivity index (χ4n) is 2.54. The summed E-state index contributed by atoms with van der Waals surface area (Å²) >= 11 is 0. The molecule has 1 fully saturated rings. The average molecular weight is 242 g/mol. The quantitative estimate of drug-likeness (QED) is 0.706. The number of ether oxygens (including phenoxy) is 1. The highest BCUT2D eigenvalue weighted by atomic mass is 16.5. The van der Waals surface area contributed by atoms with Crippen LogP contribution >= 0.6 is 0 Å². The number of likely N-dealkylation sites (N-methyl/N-ethyl adjacent to an activating group) is 1. The monoisotopic (exact) mass is 242 g/mol. The lowest BCUT2D eigenvalue weighted by Crippen LogP contribution is -2.46. The minimum absolute atomic E-state index is 0.475.